The monoisotopic (exact) mass is 344 g/mol. The minimum atomic E-state index is 0.106. The highest BCUT2D eigenvalue weighted by Gasteiger charge is 2.08. The Balaban J connectivity index is 2.14. The number of nitrogens with zero attached hydrogens (tertiary/aromatic N) is 3. The molecule has 0 saturated carbocycles. The van der Waals surface area contributed by atoms with E-state index >= 15 is 0 Å². The summed E-state index contributed by atoms with van der Waals surface area (Å²) in [5.74, 6) is 1.64. The summed E-state index contributed by atoms with van der Waals surface area (Å²) < 4.78 is 0.787. The van der Waals surface area contributed by atoms with Crippen molar-refractivity contribution in [3.63, 3.8) is 0 Å². The summed E-state index contributed by atoms with van der Waals surface area (Å²) in [5.41, 5.74) is 1.78. The van der Waals surface area contributed by atoms with Crippen LogP contribution in [0.1, 0.15) is 43.3 Å². The fourth-order valence-electron chi connectivity index (χ4n) is 2.03. The lowest BCUT2D eigenvalue weighted by molar-refractivity contribution is 0.814. The molecule has 1 unspecified atom stereocenters. The standard InChI is InChI=1S/C16H17BrN4/c1-3-4-15-20-14(17)9-16(21-15)19-11(2)13-7-5-12(10-18)6-8-13/h5-9,11H,3-4H2,1-2H3,(H,19,20,21). The highest BCUT2D eigenvalue weighted by Crippen LogP contribution is 2.20. The number of hydrogen-bond acceptors (Lipinski definition) is 4. The minimum Gasteiger partial charge on any atom is -0.363 e. The van der Waals surface area contributed by atoms with Gasteiger partial charge in [-0.1, -0.05) is 19.1 Å². The van der Waals surface area contributed by atoms with Gasteiger partial charge in [0.15, 0.2) is 0 Å². The van der Waals surface area contributed by atoms with Crippen molar-refractivity contribution in [3.8, 4) is 6.07 Å². The molecule has 0 saturated heterocycles. The van der Waals surface area contributed by atoms with E-state index in [4.69, 9.17) is 5.26 Å². The smallest absolute Gasteiger partial charge is 0.132 e. The molecule has 1 N–H and O–H groups in total. The van der Waals surface area contributed by atoms with Gasteiger partial charge in [-0.2, -0.15) is 5.26 Å². The number of hydrogen-bond donors (Lipinski definition) is 1. The van der Waals surface area contributed by atoms with Crippen LogP contribution in [-0.4, -0.2) is 9.97 Å². The van der Waals surface area contributed by atoms with E-state index in [1.54, 1.807) is 0 Å². The second-order valence-corrected chi connectivity index (χ2v) is 5.65. The van der Waals surface area contributed by atoms with Crippen molar-refractivity contribution < 1.29 is 0 Å². The molecule has 0 aliphatic carbocycles. The molecule has 4 nitrogen and oxygen atoms in total. The molecule has 0 aliphatic heterocycles. The SMILES string of the molecule is CCCc1nc(Br)cc(NC(C)c2ccc(C#N)cc2)n1. The van der Waals surface area contributed by atoms with Gasteiger partial charge in [-0.25, -0.2) is 9.97 Å². The van der Waals surface area contributed by atoms with Gasteiger partial charge >= 0.3 is 0 Å². The van der Waals surface area contributed by atoms with Crippen LogP contribution in [-0.2, 0) is 6.42 Å². The topological polar surface area (TPSA) is 61.6 Å². The summed E-state index contributed by atoms with van der Waals surface area (Å²) >= 11 is 3.42. The summed E-state index contributed by atoms with van der Waals surface area (Å²) in [5, 5.41) is 12.2. The lowest BCUT2D eigenvalue weighted by Crippen LogP contribution is -2.09. The largest absolute Gasteiger partial charge is 0.363 e. The zero-order valence-corrected chi connectivity index (χ0v) is 13.7. The Morgan fingerprint density at radius 3 is 2.62 bits per heavy atom. The van der Waals surface area contributed by atoms with Crippen molar-refractivity contribution in [1.29, 1.82) is 5.26 Å². The number of nitriles is 1. The Labute approximate surface area is 133 Å². The van der Waals surface area contributed by atoms with Crippen molar-refractivity contribution >= 4 is 21.7 Å². The fraction of sp³-hybridized carbons (Fsp3) is 0.312. The molecule has 1 heterocycles. The van der Waals surface area contributed by atoms with Crippen LogP contribution < -0.4 is 5.32 Å². The Hall–Kier alpha value is -1.93. The third-order valence-electron chi connectivity index (χ3n) is 3.12. The van der Waals surface area contributed by atoms with E-state index in [9.17, 15) is 0 Å². The lowest BCUT2D eigenvalue weighted by Gasteiger charge is -2.15. The maximum atomic E-state index is 8.83. The second-order valence-electron chi connectivity index (χ2n) is 4.84. The van der Waals surface area contributed by atoms with Crippen molar-refractivity contribution in [2.75, 3.05) is 5.32 Å². The average Bonchev–Trinajstić information content (AvgIpc) is 2.47. The molecule has 0 bridgehead atoms. The van der Waals surface area contributed by atoms with E-state index in [-0.39, 0.29) is 6.04 Å². The first-order valence-electron chi connectivity index (χ1n) is 6.92. The molecule has 0 spiro atoms. The van der Waals surface area contributed by atoms with E-state index in [0.717, 1.165) is 34.7 Å². The predicted molar refractivity (Wildman–Crippen MR) is 86.9 cm³/mol. The maximum absolute atomic E-state index is 8.83. The molecule has 108 valence electrons. The van der Waals surface area contributed by atoms with E-state index in [1.807, 2.05) is 30.3 Å². The van der Waals surface area contributed by atoms with Gasteiger partial charge in [0.1, 0.15) is 16.2 Å². The normalized spacial score (nSPS) is 11.7. The van der Waals surface area contributed by atoms with Crippen molar-refractivity contribution in [2.24, 2.45) is 0 Å². The zero-order chi connectivity index (χ0) is 15.2. The molecule has 1 aromatic carbocycles. The van der Waals surface area contributed by atoms with E-state index in [0.29, 0.717) is 5.56 Å². The van der Waals surface area contributed by atoms with Crippen LogP contribution in [0, 0.1) is 11.3 Å². The molecule has 1 atom stereocenters. The van der Waals surface area contributed by atoms with E-state index < -0.39 is 0 Å². The van der Waals surface area contributed by atoms with Gasteiger partial charge in [-0.05, 0) is 47.0 Å². The molecule has 1 aromatic heterocycles. The molecule has 0 radical (unpaired) electrons. The fourth-order valence-corrected chi connectivity index (χ4v) is 2.45. The molecule has 0 fully saturated rings. The highest BCUT2D eigenvalue weighted by molar-refractivity contribution is 9.10. The maximum Gasteiger partial charge on any atom is 0.132 e. The van der Waals surface area contributed by atoms with Crippen LogP contribution in [0.4, 0.5) is 5.82 Å². The summed E-state index contributed by atoms with van der Waals surface area (Å²) in [6.45, 7) is 4.17. The van der Waals surface area contributed by atoms with Crippen LogP contribution >= 0.6 is 15.9 Å². The number of rotatable bonds is 5. The first-order chi connectivity index (χ1) is 10.1. The van der Waals surface area contributed by atoms with Gasteiger partial charge in [0, 0.05) is 18.5 Å². The van der Waals surface area contributed by atoms with Gasteiger partial charge < -0.3 is 5.32 Å². The van der Waals surface area contributed by atoms with E-state index in [2.05, 4.69) is 51.1 Å². The number of aromatic nitrogens is 2. The van der Waals surface area contributed by atoms with Crippen molar-refractivity contribution in [2.45, 2.75) is 32.7 Å². The lowest BCUT2D eigenvalue weighted by atomic mass is 10.1. The van der Waals surface area contributed by atoms with Crippen LogP contribution in [0.2, 0.25) is 0 Å². The van der Waals surface area contributed by atoms with Crippen LogP contribution in [0.5, 0.6) is 0 Å². The quantitative estimate of drug-likeness (QED) is 0.824. The van der Waals surface area contributed by atoms with Crippen LogP contribution in [0.25, 0.3) is 0 Å². The Kier molecular flexibility index (Phi) is 5.29. The summed E-state index contributed by atoms with van der Waals surface area (Å²) in [6.07, 6.45) is 1.88. The Bertz CT molecular complexity index is 646. The van der Waals surface area contributed by atoms with Gasteiger partial charge in [-0.3, -0.25) is 0 Å². The molecule has 0 aliphatic rings. The third-order valence-corrected chi connectivity index (χ3v) is 3.53. The van der Waals surface area contributed by atoms with Crippen LogP contribution in [0.3, 0.4) is 0 Å². The first kappa shape index (κ1) is 15.5. The number of anilines is 1. The number of benzene rings is 1. The molecular weight excluding hydrogens is 328 g/mol. The average molecular weight is 345 g/mol. The summed E-state index contributed by atoms with van der Waals surface area (Å²) in [4.78, 5) is 8.87. The molecule has 2 aromatic rings. The van der Waals surface area contributed by atoms with Gasteiger partial charge in [0.2, 0.25) is 0 Å². The molecule has 5 heteroatoms. The van der Waals surface area contributed by atoms with Gasteiger partial charge in [0.25, 0.3) is 0 Å². The Morgan fingerprint density at radius 1 is 1.29 bits per heavy atom. The minimum absolute atomic E-state index is 0.106. The summed E-state index contributed by atoms with van der Waals surface area (Å²) in [7, 11) is 0. The zero-order valence-electron chi connectivity index (χ0n) is 12.1. The van der Waals surface area contributed by atoms with Gasteiger partial charge in [-0.15, -0.1) is 0 Å². The molecule has 2 rings (SSSR count). The van der Waals surface area contributed by atoms with Gasteiger partial charge in [0.05, 0.1) is 11.6 Å². The highest BCUT2D eigenvalue weighted by atomic mass is 79.9. The first-order valence-corrected chi connectivity index (χ1v) is 7.71. The number of halogens is 1. The van der Waals surface area contributed by atoms with Crippen LogP contribution in [0.15, 0.2) is 34.9 Å². The molecule has 0 amide bonds. The third kappa shape index (κ3) is 4.27. The molecular formula is C16H17BrN4. The molecule has 21 heavy (non-hydrogen) atoms. The second kappa shape index (κ2) is 7.19. The predicted octanol–water partition coefficient (Wildman–Crippen LogP) is 4.24. The number of aryl methyl sites for hydroxylation is 1. The van der Waals surface area contributed by atoms with Crippen molar-refractivity contribution in [1.82, 2.24) is 9.97 Å². The number of nitrogens with one attached hydrogen (secondary N) is 1. The van der Waals surface area contributed by atoms with E-state index in [1.165, 1.54) is 0 Å². The summed E-state index contributed by atoms with van der Waals surface area (Å²) in [6, 6.07) is 11.7. The van der Waals surface area contributed by atoms with Crippen molar-refractivity contribution in [3.05, 3.63) is 51.9 Å². The Morgan fingerprint density at radius 2 is 2.00 bits per heavy atom.